The largest absolute Gasteiger partial charge is 0.311 e. The summed E-state index contributed by atoms with van der Waals surface area (Å²) in [5.74, 6) is 0.705. The van der Waals surface area contributed by atoms with Gasteiger partial charge in [0, 0.05) is 50.6 Å². The Kier molecular flexibility index (Phi) is 9.47. The fraction of sp³-hybridized carbons (Fsp3) is 0.118. The Bertz CT molecular complexity index is 4010. The first-order valence-corrected chi connectivity index (χ1v) is 25.7. The van der Waals surface area contributed by atoms with Gasteiger partial charge in [0.05, 0.1) is 11.2 Å². The van der Waals surface area contributed by atoms with Gasteiger partial charge < -0.3 is 9.80 Å². The highest BCUT2D eigenvalue weighted by Gasteiger charge is 2.44. The topological polar surface area (TPSA) is 32.3 Å². The smallest absolute Gasteiger partial charge is 0.252 e. The third kappa shape index (κ3) is 6.90. The Balaban J connectivity index is 1.15. The highest BCUT2D eigenvalue weighted by Crippen LogP contribution is 2.49. The van der Waals surface area contributed by atoms with Gasteiger partial charge in [-0.05, 0) is 136 Å². The molecule has 0 N–H and O–H groups in total. The van der Waals surface area contributed by atoms with Crippen molar-refractivity contribution in [3.63, 3.8) is 0 Å². The summed E-state index contributed by atoms with van der Waals surface area (Å²) in [6.45, 7) is 13.6. The van der Waals surface area contributed by atoms with E-state index in [9.17, 15) is 0 Å². The fourth-order valence-corrected chi connectivity index (χ4v) is 11.9. The number of hydrogen-bond donors (Lipinski definition) is 0. The Morgan fingerprint density at radius 3 is 1.32 bits per heavy atom. The van der Waals surface area contributed by atoms with Crippen molar-refractivity contribution in [2.24, 2.45) is 0 Å². The van der Waals surface area contributed by atoms with Crippen LogP contribution >= 0.6 is 0 Å². The van der Waals surface area contributed by atoms with E-state index in [-0.39, 0.29) is 17.5 Å². The van der Waals surface area contributed by atoms with Crippen molar-refractivity contribution in [1.29, 1.82) is 0 Å². The number of benzene rings is 11. The molecule has 0 atom stereocenters. The lowest BCUT2D eigenvalue weighted by atomic mass is 9.33. The second-order valence-corrected chi connectivity index (χ2v) is 22.2. The van der Waals surface area contributed by atoms with E-state index in [1.807, 2.05) is 6.07 Å². The van der Waals surface area contributed by atoms with E-state index in [0.717, 1.165) is 50.5 Å². The summed E-state index contributed by atoms with van der Waals surface area (Å²) >= 11 is 0. The second kappa shape index (κ2) is 16.0. The zero-order chi connectivity index (χ0) is 49.3. The molecule has 0 spiro atoms. The van der Waals surface area contributed by atoms with Crippen LogP contribution in [0.5, 0.6) is 0 Å². The van der Waals surface area contributed by atoms with Gasteiger partial charge in [-0.15, -0.1) is 0 Å². The molecule has 348 valence electrons. The Morgan fingerprint density at radius 2 is 0.808 bits per heavy atom. The number of para-hydroxylation sites is 1. The first kappa shape index (κ1) is 43.3. The van der Waals surface area contributed by atoms with Gasteiger partial charge in [-0.25, -0.2) is 9.97 Å². The molecule has 1 aromatic heterocycles. The summed E-state index contributed by atoms with van der Waals surface area (Å²) < 4.78 is 0. The molecule has 0 radical (unpaired) electrons. The molecule has 4 nitrogen and oxygen atoms in total. The van der Waals surface area contributed by atoms with Crippen molar-refractivity contribution in [3.8, 4) is 22.6 Å². The predicted molar refractivity (Wildman–Crippen MR) is 312 cm³/mol. The second-order valence-electron chi connectivity index (χ2n) is 22.2. The number of nitrogens with zero attached hydrogens (tertiary/aromatic N) is 4. The SMILES string of the molecule is CC(C)(C)c1ccc(N2c3cc4ccc5ccccc5c4cc3B3c4cc5c(ccc6ccccc65)cc4N(c4ccc(C(C)(C)C)cc4)c4cc(-c5nc(-c6ccccc6)nc6ccccc56)cc2c43)cc1. The zero-order valence-electron chi connectivity index (χ0n) is 42.1. The van der Waals surface area contributed by atoms with Gasteiger partial charge >= 0.3 is 0 Å². The molecule has 0 bridgehead atoms. The van der Waals surface area contributed by atoms with Crippen LogP contribution in [0.4, 0.5) is 34.1 Å². The van der Waals surface area contributed by atoms with E-state index in [0.29, 0.717) is 5.82 Å². The Labute approximate surface area is 427 Å². The Morgan fingerprint density at radius 1 is 0.356 bits per heavy atom. The lowest BCUT2D eigenvalue weighted by molar-refractivity contribution is 0.590. The van der Waals surface area contributed by atoms with Crippen molar-refractivity contribution < 1.29 is 0 Å². The molecule has 0 saturated heterocycles. The molecule has 2 aliphatic heterocycles. The van der Waals surface area contributed by atoms with Gasteiger partial charge in [-0.2, -0.15) is 0 Å². The van der Waals surface area contributed by atoms with Crippen LogP contribution in [0.2, 0.25) is 0 Å². The Hall–Kier alpha value is -8.54. The predicted octanol–water partition coefficient (Wildman–Crippen LogP) is 16.3. The number of anilines is 6. The van der Waals surface area contributed by atoms with Crippen LogP contribution in [-0.2, 0) is 10.8 Å². The molecular formula is C68H53BN4. The molecule has 5 heteroatoms. The average molecular weight is 937 g/mol. The van der Waals surface area contributed by atoms with Crippen molar-refractivity contribution in [3.05, 3.63) is 223 Å². The van der Waals surface area contributed by atoms with Crippen LogP contribution in [0.3, 0.4) is 0 Å². The number of aromatic nitrogens is 2. The summed E-state index contributed by atoms with van der Waals surface area (Å²) in [4.78, 5) is 15.9. The van der Waals surface area contributed by atoms with Crippen LogP contribution in [0, 0.1) is 0 Å². The van der Waals surface area contributed by atoms with Crippen LogP contribution < -0.4 is 26.2 Å². The maximum absolute atomic E-state index is 5.56. The van der Waals surface area contributed by atoms with Crippen molar-refractivity contribution in [2.75, 3.05) is 9.80 Å². The van der Waals surface area contributed by atoms with Crippen molar-refractivity contribution in [2.45, 2.75) is 52.4 Å². The minimum atomic E-state index is -0.118. The number of rotatable bonds is 4. The van der Waals surface area contributed by atoms with Gasteiger partial charge in [-0.1, -0.05) is 199 Å². The highest BCUT2D eigenvalue weighted by molar-refractivity contribution is 7.00. The van der Waals surface area contributed by atoms with Crippen molar-refractivity contribution >= 4 is 111 Å². The molecule has 0 amide bonds. The van der Waals surface area contributed by atoms with Crippen molar-refractivity contribution in [1.82, 2.24) is 9.97 Å². The molecule has 11 aromatic carbocycles. The lowest BCUT2D eigenvalue weighted by Crippen LogP contribution is -2.61. The van der Waals surface area contributed by atoms with Crippen LogP contribution in [0.15, 0.2) is 212 Å². The number of fused-ring (bicyclic) bond motifs is 11. The third-order valence-corrected chi connectivity index (χ3v) is 15.7. The summed E-state index contributed by atoms with van der Waals surface area (Å²) in [7, 11) is 0. The van der Waals surface area contributed by atoms with Gasteiger partial charge in [0.2, 0.25) is 0 Å². The minimum absolute atomic E-state index is 0.00992. The minimum Gasteiger partial charge on any atom is -0.311 e. The summed E-state index contributed by atoms with van der Waals surface area (Å²) in [5.41, 5.74) is 17.1. The lowest BCUT2D eigenvalue weighted by Gasteiger charge is -2.45. The monoisotopic (exact) mass is 936 g/mol. The van der Waals surface area contributed by atoms with Crippen LogP contribution in [-0.4, -0.2) is 16.7 Å². The van der Waals surface area contributed by atoms with E-state index in [4.69, 9.17) is 9.97 Å². The first-order valence-electron chi connectivity index (χ1n) is 25.7. The summed E-state index contributed by atoms with van der Waals surface area (Å²) in [6, 6.07) is 79.3. The maximum atomic E-state index is 5.56. The van der Waals surface area contributed by atoms with Gasteiger partial charge in [0.15, 0.2) is 5.82 Å². The summed E-state index contributed by atoms with van der Waals surface area (Å²) in [5, 5.41) is 11.0. The van der Waals surface area contributed by atoms with Gasteiger partial charge in [0.1, 0.15) is 0 Å². The number of hydrogen-bond acceptors (Lipinski definition) is 4. The van der Waals surface area contributed by atoms with Gasteiger partial charge in [-0.3, -0.25) is 0 Å². The van der Waals surface area contributed by atoms with E-state index < -0.39 is 0 Å². The van der Waals surface area contributed by atoms with E-state index in [1.165, 1.54) is 82.0 Å². The van der Waals surface area contributed by atoms with Crippen LogP contribution in [0.25, 0.3) is 76.6 Å². The van der Waals surface area contributed by atoms with E-state index >= 15 is 0 Å². The summed E-state index contributed by atoms with van der Waals surface area (Å²) in [6.07, 6.45) is 0. The molecule has 0 aliphatic carbocycles. The average Bonchev–Trinajstić information content (AvgIpc) is 3.42. The molecule has 3 heterocycles. The molecule has 14 rings (SSSR count). The fourth-order valence-electron chi connectivity index (χ4n) is 11.9. The molecule has 2 aliphatic rings. The molecule has 0 unspecified atom stereocenters. The molecule has 0 fully saturated rings. The molecule has 0 saturated carbocycles. The van der Waals surface area contributed by atoms with E-state index in [2.05, 4.69) is 258 Å². The first-order chi connectivity index (χ1) is 35.4. The standard InChI is InChI=1S/C68H53BN4/c1-67(2,3)48-28-32-50(33-29-48)72-60-36-45-26-24-42-16-10-12-20-52(42)55(45)40-57(60)69-58-41-56-46(27-25-43-17-11-13-21-53(43)56)37-61(58)73(51-34-30-49(31-35-51)68(4,5)6)63-39-47(38-62(72)64(63)69)65-54-22-14-15-23-59(54)70-66(71-65)44-18-8-7-9-19-44/h7-41H,1-6H3. The molecule has 12 aromatic rings. The zero-order valence-corrected chi connectivity index (χ0v) is 42.1. The molecular weight excluding hydrogens is 884 g/mol. The third-order valence-electron chi connectivity index (χ3n) is 15.7. The highest BCUT2D eigenvalue weighted by atomic mass is 15.2. The quantitative estimate of drug-likeness (QED) is 0.130. The maximum Gasteiger partial charge on any atom is 0.252 e. The van der Waals surface area contributed by atoms with E-state index in [1.54, 1.807) is 0 Å². The van der Waals surface area contributed by atoms with Gasteiger partial charge in [0.25, 0.3) is 6.71 Å². The van der Waals surface area contributed by atoms with Crippen LogP contribution in [0.1, 0.15) is 52.7 Å². The normalized spacial score (nSPS) is 13.3. The molecule has 73 heavy (non-hydrogen) atoms.